The van der Waals surface area contributed by atoms with Gasteiger partial charge >= 0.3 is 10.5 Å². The molecule has 0 bridgehead atoms. The molecule has 0 heterocycles. The van der Waals surface area contributed by atoms with E-state index in [0.29, 0.717) is 5.30 Å². The van der Waals surface area contributed by atoms with Crippen LogP contribution < -0.4 is 9.49 Å². The van der Waals surface area contributed by atoms with E-state index >= 15 is 0 Å². The molecule has 100 valence electrons. The Morgan fingerprint density at radius 1 is 1.24 bits per heavy atom. The third-order valence-electron chi connectivity index (χ3n) is 1.64. The van der Waals surface area contributed by atoms with E-state index in [9.17, 15) is 16.9 Å². The molecule has 9 heteroatoms. The molecule has 0 amide bonds. The highest BCUT2D eigenvalue weighted by Gasteiger charge is 2.14. The predicted molar refractivity (Wildman–Crippen MR) is 70.7 cm³/mol. The van der Waals surface area contributed by atoms with Gasteiger partial charge in [-0.3, -0.25) is 0 Å². The van der Waals surface area contributed by atoms with E-state index in [1.807, 2.05) is 0 Å². The number of benzene rings is 1. The molecule has 1 aromatic carbocycles. The molecule has 0 aliphatic carbocycles. The lowest BCUT2D eigenvalue weighted by molar-refractivity contribution is 0.440. The molecular formula is C8H12Cl2FO4PS. The summed E-state index contributed by atoms with van der Waals surface area (Å²) >= 11 is 0. The summed E-state index contributed by atoms with van der Waals surface area (Å²) in [7, 11) is -7.54. The zero-order valence-electron chi connectivity index (χ0n) is 8.99. The van der Waals surface area contributed by atoms with Crippen molar-refractivity contribution < 1.29 is 21.1 Å². The van der Waals surface area contributed by atoms with Gasteiger partial charge in [-0.15, -0.1) is 24.8 Å². The second kappa shape index (κ2) is 6.59. The fourth-order valence-electron chi connectivity index (χ4n) is 0.985. The maximum absolute atomic E-state index is 12.2. The fourth-order valence-corrected chi connectivity index (χ4v) is 2.20. The lowest BCUT2D eigenvalue weighted by atomic mass is 10.3. The first-order chi connectivity index (χ1) is 6.68. The number of hydrogen-bond donors (Lipinski definition) is 0. The Bertz CT molecular complexity index is 514. The van der Waals surface area contributed by atoms with Crippen molar-refractivity contribution in [1.29, 1.82) is 0 Å². The maximum Gasteiger partial charge on any atom is 0.488 e. The number of rotatable bonds is 3. The minimum atomic E-state index is -5.03. The molecule has 1 aromatic rings. The predicted octanol–water partition coefficient (Wildman–Crippen LogP) is 2.37. The molecule has 0 atom stereocenters. The van der Waals surface area contributed by atoms with Gasteiger partial charge in [0.05, 0.1) is 0 Å². The molecule has 17 heavy (non-hydrogen) atoms. The Kier molecular flexibility index (Phi) is 7.39. The van der Waals surface area contributed by atoms with Crippen LogP contribution in [0.15, 0.2) is 24.3 Å². The molecule has 0 unspecified atom stereocenters. The molecule has 0 aliphatic rings. The Hall–Kier alpha value is -0.290. The molecule has 0 radical (unpaired) electrons. The molecule has 0 aliphatic heterocycles. The smallest absolute Gasteiger partial charge is 0.358 e. The van der Waals surface area contributed by atoms with Crippen molar-refractivity contribution >= 4 is 47.8 Å². The zero-order valence-corrected chi connectivity index (χ0v) is 12.3. The Morgan fingerprint density at radius 2 is 1.76 bits per heavy atom. The second-order valence-corrected chi connectivity index (χ2v) is 7.50. The summed E-state index contributed by atoms with van der Waals surface area (Å²) in [6.07, 6.45) is 0. The molecule has 0 fully saturated rings. The van der Waals surface area contributed by atoms with Gasteiger partial charge in [0.1, 0.15) is 12.9 Å². The van der Waals surface area contributed by atoms with E-state index in [1.165, 1.54) is 31.5 Å². The summed E-state index contributed by atoms with van der Waals surface area (Å²) in [5, 5.41) is 0.434. The van der Waals surface area contributed by atoms with Gasteiger partial charge in [0.2, 0.25) is 0 Å². The zero-order chi connectivity index (χ0) is 11.7. The van der Waals surface area contributed by atoms with Crippen molar-refractivity contribution in [3.63, 3.8) is 0 Å². The summed E-state index contributed by atoms with van der Waals surface area (Å²) in [6, 6.07) is 5.54. The first kappa shape index (κ1) is 19.1. The van der Waals surface area contributed by atoms with Crippen LogP contribution in [-0.4, -0.2) is 21.7 Å². The Balaban J connectivity index is 0. The lowest BCUT2D eigenvalue weighted by Crippen LogP contribution is -2.06. The van der Waals surface area contributed by atoms with Crippen molar-refractivity contribution in [2.24, 2.45) is 0 Å². The summed E-state index contributed by atoms with van der Waals surface area (Å²) < 4.78 is 48.2. The average Bonchev–Trinajstić information content (AvgIpc) is 1.99. The average molecular weight is 325 g/mol. The Labute approximate surface area is 112 Å². The van der Waals surface area contributed by atoms with Gasteiger partial charge in [-0.2, -0.15) is 8.42 Å². The van der Waals surface area contributed by atoms with Gasteiger partial charge in [-0.1, -0.05) is 16.0 Å². The van der Waals surface area contributed by atoms with Gasteiger partial charge in [-0.05, 0) is 25.5 Å². The summed E-state index contributed by atoms with van der Waals surface area (Å²) in [6.45, 7) is 3.05. The van der Waals surface area contributed by atoms with Crippen LogP contribution >= 0.6 is 32.0 Å². The lowest BCUT2D eigenvalue weighted by Gasteiger charge is -2.07. The summed E-state index contributed by atoms with van der Waals surface area (Å²) in [4.78, 5) is 0. The van der Waals surface area contributed by atoms with Crippen LogP contribution in [0.25, 0.3) is 0 Å². The van der Waals surface area contributed by atoms with Crippen LogP contribution in [0.2, 0.25) is 0 Å². The third-order valence-corrected chi connectivity index (χ3v) is 3.55. The van der Waals surface area contributed by atoms with Gasteiger partial charge < -0.3 is 8.75 Å². The van der Waals surface area contributed by atoms with Crippen molar-refractivity contribution in [2.45, 2.75) is 0 Å². The van der Waals surface area contributed by atoms with E-state index < -0.39 is 17.6 Å². The topological polar surface area (TPSA) is 60.4 Å². The molecule has 0 N–H and O–H groups in total. The second-order valence-electron chi connectivity index (χ2n) is 3.32. The summed E-state index contributed by atoms with van der Waals surface area (Å²) in [5.41, 5.74) is 0. The van der Waals surface area contributed by atoms with Gasteiger partial charge in [0.15, 0.2) is 0 Å². The van der Waals surface area contributed by atoms with Crippen LogP contribution in [0.4, 0.5) is 3.89 Å². The molecule has 4 nitrogen and oxygen atoms in total. The third kappa shape index (κ3) is 6.88. The first-order valence-electron chi connectivity index (χ1n) is 3.98. The summed E-state index contributed by atoms with van der Waals surface area (Å²) in [5.74, 6) is -0.182. The number of hydrogen-bond acceptors (Lipinski definition) is 4. The molecule has 1 rings (SSSR count). The van der Waals surface area contributed by atoms with Crippen molar-refractivity contribution in [1.82, 2.24) is 0 Å². The van der Waals surface area contributed by atoms with Gasteiger partial charge in [-0.25, -0.2) is 0 Å². The van der Waals surface area contributed by atoms with Crippen LogP contribution in [0, 0.1) is 0 Å². The minimum absolute atomic E-state index is 0. The van der Waals surface area contributed by atoms with Crippen LogP contribution in [0.3, 0.4) is 0 Å². The molecule has 0 saturated carbocycles. The Morgan fingerprint density at radius 3 is 2.18 bits per heavy atom. The number of halogens is 3. The largest absolute Gasteiger partial charge is 0.488 e. The van der Waals surface area contributed by atoms with E-state index in [1.54, 1.807) is 6.07 Å². The highest BCUT2D eigenvalue weighted by Crippen LogP contribution is 2.35. The van der Waals surface area contributed by atoms with Crippen LogP contribution in [-0.2, 0) is 15.1 Å². The maximum atomic E-state index is 12.2. The van der Waals surface area contributed by atoms with E-state index in [-0.39, 0.29) is 30.6 Å². The standard InChI is InChI=1S/C8H10FO4PS.2ClH/c1-14(2,10)8-5-3-4-7(6-8)13-15(9,11)12;;/h3-6H,1-2H3;2*1H. The van der Waals surface area contributed by atoms with Gasteiger partial charge in [0.25, 0.3) is 0 Å². The SMILES string of the molecule is CP(C)(=O)c1cccc(OS(=O)(=O)F)c1.Cl.Cl. The monoisotopic (exact) mass is 324 g/mol. The van der Waals surface area contributed by atoms with Crippen molar-refractivity contribution in [3.05, 3.63) is 24.3 Å². The molecular weight excluding hydrogens is 313 g/mol. The van der Waals surface area contributed by atoms with Crippen LogP contribution in [0.1, 0.15) is 0 Å². The highest BCUT2D eigenvalue weighted by atomic mass is 35.5. The highest BCUT2D eigenvalue weighted by molar-refractivity contribution is 7.81. The van der Waals surface area contributed by atoms with Crippen molar-refractivity contribution in [3.8, 4) is 5.75 Å². The minimum Gasteiger partial charge on any atom is -0.358 e. The van der Waals surface area contributed by atoms with Gasteiger partial charge in [0, 0.05) is 5.30 Å². The normalized spacial score (nSPS) is 11.0. The van der Waals surface area contributed by atoms with E-state index in [0.717, 1.165) is 0 Å². The first-order valence-corrected chi connectivity index (χ1v) is 7.89. The van der Waals surface area contributed by atoms with E-state index in [4.69, 9.17) is 0 Å². The quantitative estimate of drug-likeness (QED) is 0.632. The van der Waals surface area contributed by atoms with E-state index in [2.05, 4.69) is 4.18 Å². The molecule has 0 saturated heterocycles. The molecule has 0 spiro atoms. The molecule has 0 aromatic heterocycles. The van der Waals surface area contributed by atoms with Crippen molar-refractivity contribution in [2.75, 3.05) is 13.3 Å². The fraction of sp³-hybridized carbons (Fsp3) is 0.250. The van der Waals surface area contributed by atoms with Crippen LogP contribution in [0.5, 0.6) is 5.75 Å².